The van der Waals surface area contributed by atoms with Crippen molar-refractivity contribution in [3.63, 3.8) is 0 Å². The maximum atomic E-state index is 13.7. The minimum atomic E-state index is -1.05. The third kappa shape index (κ3) is 4.45. The summed E-state index contributed by atoms with van der Waals surface area (Å²) in [5.74, 6) is -1.51. The molecule has 9 heteroatoms. The van der Waals surface area contributed by atoms with Gasteiger partial charge in [-0.2, -0.15) is 4.39 Å². The fourth-order valence-corrected chi connectivity index (χ4v) is 2.70. The largest absolute Gasteiger partial charge is 0.456 e. The van der Waals surface area contributed by atoms with Crippen molar-refractivity contribution in [2.75, 3.05) is 0 Å². The Morgan fingerprint density at radius 2 is 1.90 bits per heavy atom. The molecule has 1 heterocycles. The Morgan fingerprint density at radius 3 is 2.48 bits per heavy atom. The van der Waals surface area contributed by atoms with E-state index in [9.17, 15) is 24.1 Å². The number of fused-ring (bicyclic) bond motifs is 1. The smallest absolute Gasteiger partial charge is 0.338 e. The van der Waals surface area contributed by atoms with Gasteiger partial charge in [-0.1, -0.05) is 12.1 Å². The number of esters is 1. The number of aromatic nitrogens is 2. The molecule has 0 aliphatic rings. The van der Waals surface area contributed by atoms with Crippen molar-refractivity contribution in [2.45, 2.75) is 32.9 Å². The lowest BCUT2D eigenvalue weighted by Gasteiger charge is -2.19. The zero-order chi connectivity index (χ0) is 21.3. The number of benzene rings is 2. The number of ether oxygens (including phenoxy) is 1. The Balaban J connectivity index is 1.89. The van der Waals surface area contributed by atoms with Gasteiger partial charge >= 0.3 is 11.7 Å². The molecule has 0 amide bonds. The molecule has 0 aliphatic carbocycles. The Bertz CT molecular complexity index is 1160. The maximum Gasteiger partial charge on any atom is 0.338 e. The number of hydrogen-bond acceptors (Lipinski definition) is 6. The van der Waals surface area contributed by atoms with Crippen molar-refractivity contribution in [1.82, 2.24) is 9.55 Å². The first-order valence-electron chi connectivity index (χ1n) is 8.70. The van der Waals surface area contributed by atoms with Gasteiger partial charge in [0.25, 0.3) is 5.56 Å². The highest BCUT2D eigenvalue weighted by Gasteiger charge is 2.19. The molecular formula is C20H18FN3O5. The number of hydrogen-bond donors (Lipinski definition) is 0. The van der Waals surface area contributed by atoms with Crippen LogP contribution in [0.5, 0.6) is 0 Å². The molecule has 29 heavy (non-hydrogen) atoms. The second-order valence-corrected chi connectivity index (χ2v) is 7.45. The highest BCUT2D eigenvalue weighted by Crippen LogP contribution is 2.21. The highest BCUT2D eigenvalue weighted by molar-refractivity contribution is 5.89. The molecule has 0 radical (unpaired) electrons. The summed E-state index contributed by atoms with van der Waals surface area (Å²) in [6, 6.07) is 8.27. The van der Waals surface area contributed by atoms with E-state index in [-0.39, 0.29) is 17.4 Å². The van der Waals surface area contributed by atoms with E-state index < -0.39 is 33.6 Å². The van der Waals surface area contributed by atoms with Crippen LogP contribution in [0.4, 0.5) is 10.1 Å². The second kappa shape index (κ2) is 7.42. The van der Waals surface area contributed by atoms with Gasteiger partial charge in [-0.15, -0.1) is 0 Å². The minimum absolute atomic E-state index is 0.0367. The van der Waals surface area contributed by atoms with Gasteiger partial charge < -0.3 is 4.74 Å². The van der Waals surface area contributed by atoms with Crippen LogP contribution < -0.4 is 5.56 Å². The number of nitrogens with zero attached hydrogens (tertiary/aromatic N) is 3. The molecule has 1 aromatic heterocycles. The topological polar surface area (TPSA) is 104 Å². The standard InChI is InChI=1S/C20H18FN3O5/c1-20(2,3)29-19(26)13-6-4-12(5-7-13)10-23-11-22-16-9-15(21)17(24(27)28)8-14(16)18(23)25/h4-9,11H,10H2,1-3H3. The van der Waals surface area contributed by atoms with Crippen molar-refractivity contribution in [3.8, 4) is 0 Å². The van der Waals surface area contributed by atoms with Gasteiger partial charge in [0, 0.05) is 12.1 Å². The Hall–Kier alpha value is -3.62. The minimum Gasteiger partial charge on any atom is -0.456 e. The molecule has 150 valence electrons. The van der Waals surface area contributed by atoms with Crippen LogP contribution in [-0.4, -0.2) is 26.0 Å². The third-order valence-corrected chi connectivity index (χ3v) is 4.03. The Morgan fingerprint density at radius 1 is 1.24 bits per heavy atom. The van der Waals surface area contributed by atoms with Crippen LogP contribution in [0, 0.1) is 15.9 Å². The van der Waals surface area contributed by atoms with Gasteiger partial charge in [0.2, 0.25) is 5.82 Å². The number of nitro groups is 1. The molecule has 0 saturated heterocycles. The second-order valence-electron chi connectivity index (χ2n) is 7.45. The summed E-state index contributed by atoms with van der Waals surface area (Å²) >= 11 is 0. The Labute approximate surface area is 164 Å². The van der Waals surface area contributed by atoms with E-state index in [0.717, 1.165) is 12.1 Å². The molecule has 3 rings (SSSR count). The van der Waals surface area contributed by atoms with E-state index >= 15 is 0 Å². The molecule has 0 N–H and O–H groups in total. The van der Waals surface area contributed by atoms with Gasteiger partial charge in [0.05, 0.1) is 34.3 Å². The van der Waals surface area contributed by atoms with E-state index in [2.05, 4.69) is 4.98 Å². The van der Waals surface area contributed by atoms with Gasteiger partial charge in [-0.05, 0) is 38.5 Å². The van der Waals surface area contributed by atoms with Crippen molar-refractivity contribution >= 4 is 22.6 Å². The van der Waals surface area contributed by atoms with Gasteiger partial charge in [0.1, 0.15) is 5.60 Å². The quantitative estimate of drug-likeness (QED) is 0.378. The van der Waals surface area contributed by atoms with Crippen molar-refractivity contribution < 1.29 is 18.8 Å². The summed E-state index contributed by atoms with van der Waals surface area (Å²) < 4.78 is 20.3. The SMILES string of the molecule is CC(C)(C)OC(=O)c1ccc(Cn2cnc3cc(F)c([N+](=O)[O-])cc3c2=O)cc1. The molecule has 0 unspecified atom stereocenters. The molecule has 0 aliphatic heterocycles. The first-order chi connectivity index (χ1) is 13.5. The number of halogens is 1. The lowest BCUT2D eigenvalue weighted by atomic mass is 10.1. The molecule has 0 bridgehead atoms. The van der Waals surface area contributed by atoms with Gasteiger partial charge in [-0.3, -0.25) is 19.5 Å². The van der Waals surface area contributed by atoms with Crippen molar-refractivity contribution in [1.29, 1.82) is 0 Å². The summed E-state index contributed by atoms with van der Waals surface area (Å²) in [4.78, 5) is 38.8. The first-order valence-corrected chi connectivity index (χ1v) is 8.70. The summed E-state index contributed by atoms with van der Waals surface area (Å²) in [6.45, 7) is 5.44. The highest BCUT2D eigenvalue weighted by atomic mass is 19.1. The van der Waals surface area contributed by atoms with Crippen LogP contribution in [-0.2, 0) is 11.3 Å². The average Bonchev–Trinajstić information content (AvgIpc) is 2.62. The van der Waals surface area contributed by atoms with Crippen LogP contribution in [0.25, 0.3) is 10.9 Å². The average molecular weight is 399 g/mol. The number of carbonyl (C=O) groups excluding carboxylic acids is 1. The molecule has 8 nitrogen and oxygen atoms in total. The molecule has 0 atom stereocenters. The third-order valence-electron chi connectivity index (χ3n) is 4.03. The van der Waals surface area contributed by atoms with Crippen molar-refractivity contribution in [3.05, 3.63) is 80.1 Å². The van der Waals surface area contributed by atoms with Crippen molar-refractivity contribution in [2.24, 2.45) is 0 Å². The first kappa shape index (κ1) is 20.1. The molecule has 0 fully saturated rings. The lowest BCUT2D eigenvalue weighted by Crippen LogP contribution is -2.24. The van der Waals surface area contributed by atoms with E-state index in [1.165, 1.54) is 10.9 Å². The monoisotopic (exact) mass is 399 g/mol. The summed E-state index contributed by atoms with van der Waals surface area (Å²) in [5, 5.41) is 10.9. The summed E-state index contributed by atoms with van der Waals surface area (Å²) in [5.41, 5.74) is -0.808. The predicted octanol–water partition coefficient (Wildman–Crippen LogP) is 3.45. The van der Waals surface area contributed by atoms with Crippen LogP contribution >= 0.6 is 0 Å². The van der Waals surface area contributed by atoms with Crippen LogP contribution in [0.1, 0.15) is 36.7 Å². The molecule has 3 aromatic rings. The fourth-order valence-electron chi connectivity index (χ4n) is 2.70. The molecule has 0 saturated carbocycles. The molecule has 0 spiro atoms. The van der Waals surface area contributed by atoms with Gasteiger partial charge in [-0.25, -0.2) is 9.78 Å². The number of nitro benzene ring substituents is 1. The molecular weight excluding hydrogens is 381 g/mol. The zero-order valence-electron chi connectivity index (χ0n) is 16.0. The zero-order valence-corrected chi connectivity index (χ0v) is 16.0. The van der Waals surface area contributed by atoms with Crippen LogP contribution in [0.2, 0.25) is 0 Å². The summed E-state index contributed by atoms with van der Waals surface area (Å²) in [7, 11) is 0. The normalized spacial score (nSPS) is 11.4. The number of rotatable bonds is 4. The van der Waals surface area contributed by atoms with E-state index in [1.807, 2.05) is 0 Å². The predicted molar refractivity (Wildman–Crippen MR) is 103 cm³/mol. The van der Waals surface area contributed by atoms with E-state index in [1.54, 1.807) is 45.0 Å². The lowest BCUT2D eigenvalue weighted by molar-refractivity contribution is -0.387. The van der Waals surface area contributed by atoms with Crippen LogP contribution in [0.15, 0.2) is 47.5 Å². The maximum absolute atomic E-state index is 13.7. The fraction of sp³-hybridized carbons (Fsp3) is 0.250. The molecule has 2 aromatic carbocycles. The van der Waals surface area contributed by atoms with Crippen LogP contribution in [0.3, 0.4) is 0 Å². The summed E-state index contributed by atoms with van der Waals surface area (Å²) in [6.07, 6.45) is 1.25. The van der Waals surface area contributed by atoms with E-state index in [0.29, 0.717) is 11.1 Å². The van der Waals surface area contributed by atoms with Gasteiger partial charge in [0.15, 0.2) is 0 Å². The van der Waals surface area contributed by atoms with E-state index in [4.69, 9.17) is 4.74 Å². The number of carbonyl (C=O) groups is 1. The Kier molecular flexibility index (Phi) is 5.15.